The largest absolute Gasteiger partial charge is 0.397 e. The smallest absolute Gasteiger partial charge is 0.264 e. The Bertz CT molecular complexity index is 1560. The van der Waals surface area contributed by atoms with Gasteiger partial charge in [0.25, 0.3) is 15.9 Å². The number of nitrogen functional groups attached to an aromatic ring is 1. The van der Waals surface area contributed by atoms with Crippen molar-refractivity contribution < 1.29 is 13.2 Å². The van der Waals surface area contributed by atoms with Crippen LogP contribution in [-0.4, -0.2) is 20.9 Å². The lowest BCUT2D eigenvalue weighted by Crippen LogP contribution is -2.29. The molecule has 1 aliphatic rings. The topological polar surface area (TPSA) is 105 Å². The fraction of sp³-hybridized carbons (Fsp3) is 0.107. The van der Waals surface area contributed by atoms with E-state index < -0.39 is 10.0 Å². The molecule has 0 fully saturated rings. The van der Waals surface area contributed by atoms with Gasteiger partial charge in [0.1, 0.15) is 0 Å². The Hall–Kier alpha value is -4.01. The number of nitrogens with two attached hydrogens (primary N) is 1. The van der Waals surface area contributed by atoms with Crippen molar-refractivity contribution in [2.75, 3.05) is 27.2 Å². The molecule has 4 aromatic carbocycles. The van der Waals surface area contributed by atoms with E-state index in [-0.39, 0.29) is 10.8 Å². The molecule has 4 aromatic rings. The molecule has 1 heterocycles. The third kappa shape index (κ3) is 5.12. The minimum atomic E-state index is -3.74. The Kier molecular flexibility index (Phi) is 6.78. The predicted octanol–water partition coefficient (Wildman–Crippen LogP) is 5.54. The van der Waals surface area contributed by atoms with Crippen molar-refractivity contribution in [3.05, 3.63) is 113 Å². The maximum Gasteiger partial charge on any atom is 0.264 e. The van der Waals surface area contributed by atoms with Gasteiger partial charge in [-0.05, 0) is 72.1 Å². The molecule has 7 nitrogen and oxygen atoms in total. The fourth-order valence-corrected chi connectivity index (χ4v) is 5.96. The summed E-state index contributed by atoms with van der Waals surface area (Å²) in [6, 6.07) is 26.3. The number of halogens is 1. The summed E-state index contributed by atoms with van der Waals surface area (Å²) in [5, 5.41) is 6.68. The number of sulfonamides is 1. The van der Waals surface area contributed by atoms with Crippen LogP contribution in [0.5, 0.6) is 0 Å². The molecule has 0 saturated heterocycles. The van der Waals surface area contributed by atoms with Crippen LogP contribution in [0, 0.1) is 0 Å². The maximum absolute atomic E-state index is 13.4. The van der Waals surface area contributed by atoms with Gasteiger partial charge in [-0.2, -0.15) is 0 Å². The van der Waals surface area contributed by atoms with Crippen LogP contribution in [0.4, 0.5) is 22.7 Å². The SMILES string of the molecule is Nc1ccccc1NC(=O)c1ccc(CNc2cccc3c2N(S(=O)(=O)c2ccc(Cl)cc2)CC3)cc1. The summed E-state index contributed by atoms with van der Waals surface area (Å²) in [6.07, 6.45) is 0.632. The first-order valence-electron chi connectivity index (χ1n) is 11.7. The Morgan fingerprint density at radius 2 is 1.59 bits per heavy atom. The first-order chi connectivity index (χ1) is 17.8. The van der Waals surface area contributed by atoms with Crippen LogP contribution in [0.25, 0.3) is 0 Å². The van der Waals surface area contributed by atoms with Crippen LogP contribution in [0.2, 0.25) is 5.02 Å². The first-order valence-corrected chi connectivity index (χ1v) is 13.5. The molecule has 0 aliphatic carbocycles. The minimum absolute atomic E-state index is 0.200. The predicted molar refractivity (Wildman–Crippen MR) is 149 cm³/mol. The summed E-state index contributed by atoms with van der Waals surface area (Å²) in [5.74, 6) is -0.249. The second-order valence-electron chi connectivity index (χ2n) is 8.69. The van der Waals surface area contributed by atoms with Crippen LogP contribution in [0.3, 0.4) is 0 Å². The summed E-state index contributed by atoms with van der Waals surface area (Å²) >= 11 is 5.95. The monoisotopic (exact) mass is 532 g/mol. The van der Waals surface area contributed by atoms with Gasteiger partial charge in [0.15, 0.2) is 0 Å². The zero-order chi connectivity index (χ0) is 26.0. The van der Waals surface area contributed by atoms with Gasteiger partial charge < -0.3 is 16.4 Å². The summed E-state index contributed by atoms with van der Waals surface area (Å²) in [4.78, 5) is 12.8. The van der Waals surface area contributed by atoms with Crippen molar-refractivity contribution in [2.24, 2.45) is 0 Å². The standard InChI is InChI=1S/C28H25ClN4O3S/c29-22-12-14-23(15-13-22)37(35,36)33-17-16-20-4-3-7-26(27(20)33)31-18-19-8-10-21(11-9-19)28(34)32-25-6-2-1-5-24(25)30/h1-15,31H,16-18,30H2,(H,32,34). The third-order valence-corrected chi connectivity index (χ3v) is 8.33. The Morgan fingerprint density at radius 1 is 0.892 bits per heavy atom. The summed E-state index contributed by atoms with van der Waals surface area (Å²) in [6.45, 7) is 0.827. The number of anilines is 4. The average Bonchev–Trinajstić information content (AvgIpc) is 3.35. The molecule has 0 bridgehead atoms. The molecule has 5 rings (SSSR count). The minimum Gasteiger partial charge on any atom is -0.397 e. The number of carbonyl (C=O) groups excluding carboxylic acids is 1. The molecule has 0 saturated carbocycles. The van der Waals surface area contributed by atoms with Crippen LogP contribution in [0.1, 0.15) is 21.5 Å². The van der Waals surface area contributed by atoms with Crippen molar-refractivity contribution in [3.63, 3.8) is 0 Å². The molecule has 1 aliphatic heterocycles. The molecule has 4 N–H and O–H groups in total. The highest BCUT2D eigenvalue weighted by molar-refractivity contribution is 7.92. The normalized spacial score (nSPS) is 12.7. The van der Waals surface area contributed by atoms with Gasteiger partial charge in [0.05, 0.1) is 27.6 Å². The zero-order valence-electron chi connectivity index (χ0n) is 19.8. The molecule has 0 spiro atoms. The van der Waals surface area contributed by atoms with Gasteiger partial charge in [0.2, 0.25) is 0 Å². The number of fused-ring (bicyclic) bond motifs is 1. The highest BCUT2D eigenvalue weighted by atomic mass is 35.5. The van der Waals surface area contributed by atoms with Gasteiger partial charge in [-0.3, -0.25) is 9.10 Å². The first kappa shape index (κ1) is 24.7. The van der Waals surface area contributed by atoms with E-state index in [2.05, 4.69) is 10.6 Å². The van der Waals surface area contributed by atoms with Crippen LogP contribution in [-0.2, 0) is 23.0 Å². The van der Waals surface area contributed by atoms with Crippen LogP contribution < -0.4 is 20.7 Å². The van der Waals surface area contributed by atoms with Gasteiger partial charge in [-0.15, -0.1) is 0 Å². The molecule has 0 radical (unpaired) electrons. The quantitative estimate of drug-likeness (QED) is 0.271. The lowest BCUT2D eigenvalue weighted by Gasteiger charge is -2.23. The Balaban J connectivity index is 1.31. The number of amides is 1. The Morgan fingerprint density at radius 3 is 2.32 bits per heavy atom. The van der Waals surface area contributed by atoms with E-state index >= 15 is 0 Å². The number of nitrogens with zero attached hydrogens (tertiary/aromatic N) is 1. The maximum atomic E-state index is 13.4. The van der Waals surface area contributed by atoms with Gasteiger partial charge in [0, 0.05) is 23.7 Å². The summed E-state index contributed by atoms with van der Waals surface area (Å²) < 4.78 is 28.3. The molecular formula is C28H25ClN4O3S. The van der Waals surface area contributed by atoms with Crippen molar-refractivity contribution in [1.29, 1.82) is 0 Å². The van der Waals surface area contributed by atoms with Gasteiger partial charge >= 0.3 is 0 Å². The molecule has 0 aromatic heterocycles. The van der Waals surface area contributed by atoms with Crippen molar-refractivity contribution >= 4 is 50.3 Å². The highest BCUT2D eigenvalue weighted by Gasteiger charge is 2.32. The average molecular weight is 533 g/mol. The molecule has 1 amide bonds. The van der Waals surface area contributed by atoms with Crippen molar-refractivity contribution in [3.8, 4) is 0 Å². The van der Waals surface area contributed by atoms with E-state index in [1.165, 1.54) is 16.4 Å². The van der Waals surface area contributed by atoms with Crippen LogP contribution in [0.15, 0.2) is 95.9 Å². The zero-order valence-corrected chi connectivity index (χ0v) is 21.4. The number of hydrogen-bond donors (Lipinski definition) is 3. The number of nitrogens with one attached hydrogen (secondary N) is 2. The molecule has 37 heavy (non-hydrogen) atoms. The summed E-state index contributed by atoms with van der Waals surface area (Å²) in [5.41, 5.74) is 10.8. The van der Waals surface area contributed by atoms with Gasteiger partial charge in [-0.25, -0.2) is 8.42 Å². The summed E-state index contributed by atoms with van der Waals surface area (Å²) in [7, 11) is -3.74. The highest BCUT2D eigenvalue weighted by Crippen LogP contribution is 2.39. The van der Waals surface area contributed by atoms with Gasteiger partial charge in [-0.1, -0.05) is 48.0 Å². The molecule has 0 unspecified atom stereocenters. The second kappa shape index (κ2) is 10.2. The fourth-order valence-electron chi connectivity index (χ4n) is 4.31. The lowest BCUT2D eigenvalue weighted by atomic mass is 10.1. The van der Waals surface area contributed by atoms with E-state index in [4.69, 9.17) is 17.3 Å². The van der Waals surface area contributed by atoms with E-state index in [9.17, 15) is 13.2 Å². The molecule has 0 atom stereocenters. The molecular weight excluding hydrogens is 508 g/mol. The number of carbonyl (C=O) groups is 1. The second-order valence-corrected chi connectivity index (χ2v) is 11.0. The number of benzene rings is 4. The van der Waals surface area contributed by atoms with Crippen molar-refractivity contribution in [1.82, 2.24) is 0 Å². The van der Waals surface area contributed by atoms with E-state index in [1.54, 1.807) is 42.5 Å². The van der Waals surface area contributed by atoms with E-state index in [0.717, 1.165) is 16.8 Å². The van der Waals surface area contributed by atoms with Crippen molar-refractivity contribution in [2.45, 2.75) is 17.9 Å². The lowest BCUT2D eigenvalue weighted by molar-refractivity contribution is 0.102. The van der Waals surface area contributed by atoms with E-state index in [0.29, 0.717) is 47.2 Å². The molecule has 9 heteroatoms. The van der Waals surface area contributed by atoms with Crippen LogP contribution >= 0.6 is 11.6 Å². The third-order valence-electron chi connectivity index (χ3n) is 6.26. The molecule has 188 valence electrons. The number of rotatable bonds is 7. The Labute approximate surface area is 220 Å². The van der Waals surface area contributed by atoms with E-state index in [1.807, 2.05) is 36.4 Å². The number of hydrogen-bond acceptors (Lipinski definition) is 5. The number of para-hydroxylation sites is 3.